The molecule has 3 aliphatic heterocycles. The maximum atomic E-state index is 13.6. The predicted molar refractivity (Wildman–Crippen MR) is 161 cm³/mol. The summed E-state index contributed by atoms with van der Waals surface area (Å²) in [5.41, 5.74) is 1.12. The van der Waals surface area contributed by atoms with Crippen LogP contribution in [0.4, 0.5) is 4.79 Å². The summed E-state index contributed by atoms with van der Waals surface area (Å²) in [5.74, 6) is -1.93. The van der Waals surface area contributed by atoms with Crippen molar-refractivity contribution in [3.63, 3.8) is 0 Å². The quantitative estimate of drug-likeness (QED) is 0.279. The smallest absolute Gasteiger partial charge is 0.464 e. The number of benzene rings is 1. The lowest BCUT2D eigenvalue weighted by Crippen LogP contribution is -2.60. The first kappa shape index (κ1) is 31.3. The highest BCUT2D eigenvalue weighted by Gasteiger charge is 2.40. The Morgan fingerprint density at radius 1 is 1.16 bits per heavy atom. The van der Waals surface area contributed by atoms with Crippen LogP contribution in [0.2, 0.25) is 0 Å². The van der Waals surface area contributed by atoms with Crippen LogP contribution in [0.3, 0.4) is 0 Å². The van der Waals surface area contributed by atoms with Crippen molar-refractivity contribution >= 4 is 30.0 Å². The van der Waals surface area contributed by atoms with Gasteiger partial charge in [-0.05, 0) is 51.2 Å². The first-order valence-electron chi connectivity index (χ1n) is 15.3. The molecule has 3 amide bonds. The van der Waals surface area contributed by atoms with Gasteiger partial charge < -0.3 is 34.7 Å². The molecule has 43 heavy (non-hydrogen) atoms. The molecule has 2 aromatic rings. The molecule has 0 bridgehead atoms. The Morgan fingerprint density at radius 3 is 2.58 bits per heavy atom. The summed E-state index contributed by atoms with van der Waals surface area (Å²) in [6, 6.07) is 9.40. The molecule has 13 heteroatoms. The maximum absolute atomic E-state index is 13.6. The molecular formula is C30H43BN6O6. The lowest BCUT2D eigenvalue weighted by Gasteiger charge is -2.48. The SMILES string of the molecule is CC(C)(CC(C#N)C(=O)N1CCC[C@@H]1CNC(=O)N[C@@H](Cc1coc2ccccc12)B(O)O)N1CCN(C2COC2)CC1. The van der Waals surface area contributed by atoms with Crippen molar-refractivity contribution in [1.82, 2.24) is 25.3 Å². The van der Waals surface area contributed by atoms with Crippen LogP contribution in [0.1, 0.15) is 38.7 Å². The third-order valence-corrected chi connectivity index (χ3v) is 9.30. The van der Waals surface area contributed by atoms with Crippen molar-refractivity contribution in [2.24, 2.45) is 5.92 Å². The fraction of sp³-hybridized carbons (Fsp3) is 0.633. The highest BCUT2D eigenvalue weighted by Crippen LogP contribution is 2.29. The zero-order chi connectivity index (χ0) is 30.6. The predicted octanol–water partition coefficient (Wildman–Crippen LogP) is 0.971. The number of nitrogens with one attached hydrogen (secondary N) is 2. The fourth-order valence-electron chi connectivity index (χ4n) is 6.57. The van der Waals surface area contributed by atoms with E-state index in [0.717, 1.165) is 56.8 Å². The number of fused-ring (bicyclic) bond motifs is 1. The Morgan fingerprint density at radius 2 is 1.91 bits per heavy atom. The second-order valence-corrected chi connectivity index (χ2v) is 12.6. The van der Waals surface area contributed by atoms with Gasteiger partial charge in [-0.2, -0.15) is 5.26 Å². The van der Waals surface area contributed by atoms with Gasteiger partial charge in [0.1, 0.15) is 11.5 Å². The van der Waals surface area contributed by atoms with Crippen LogP contribution in [0.15, 0.2) is 34.9 Å². The van der Waals surface area contributed by atoms with Crippen molar-refractivity contribution in [2.75, 3.05) is 52.5 Å². The summed E-state index contributed by atoms with van der Waals surface area (Å²) in [6.45, 7) is 10.3. The molecule has 0 saturated carbocycles. The van der Waals surface area contributed by atoms with Crippen LogP contribution in [-0.2, 0) is 16.0 Å². The largest absolute Gasteiger partial charge is 0.475 e. The van der Waals surface area contributed by atoms with Crippen molar-refractivity contribution in [1.29, 1.82) is 5.26 Å². The monoisotopic (exact) mass is 594 g/mol. The van der Waals surface area contributed by atoms with E-state index in [1.165, 1.54) is 0 Å². The van der Waals surface area contributed by atoms with E-state index in [0.29, 0.717) is 31.0 Å². The number of nitriles is 1. The molecule has 0 spiro atoms. The molecule has 1 unspecified atom stereocenters. The van der Waals surface area contributed by atoms with Crippen LogP contribution < -0.4 is 10.6 Å². The van der Waals surface area contributed by atoms with Gasteiger partial charge in [-0.3, -0.25) is 14.6 Å². The minimum absolute atomic E-state index is 0.166. The summed E-state index contributed by atoms with van der Waals surface area (Å²) >= 11 is 0. The molecule has 12 nitrogen and oxygen atoms in total. The molecule has 4 heterocycles. The van der Waals surface area contributed by atoms with Crippen LogP contribution in [0, 0.1) is 17.2 Å². The standard InChI is InChI=1S/C30H43BN6O6/c1-30(2,36-12-10-35(11-13-36)24-19-42-20-24)15-22(16-32)28(38)37-9-5-6-23(37)17-33-29(39)34-27(31(40)41)14-21-18-43-26-8-4-3-7-25(21)26/h3-4,7-8,18,22-24,27,40-41H,5-6,9-15,17,19-20H2,1-2H3,(H2,33,34,39)/t22?,23-,27+/m1/s1. The number of furan rings is 1. The van der Waals surface area contributed by atoms with E-state index >= 15 is 0 Å². The number of ether oxygens (including phenoxy) is 1. The molecule has 1 aromatic heterocycles. The van der Waals surface area contributed by atoms with Gasteiger partial charge in [0.25, 0.3) is 0 Å². The van der Waals surface area contributed by atoms with Gasteiger partial charge in [0.05, 0.1) is 37.5 Å². The fourth-order valence-corrected chi connectivity index (χ4v) is 6.57. The number of hydrogen-bond acceptors (Lipinski definition) is 9. The number of para-hydroxylation sites is 1. The first-order chi connectivity index (χ1) is 20.7. The Labute approximate surface area is 253 Å². The molecule has 3 atom stereocenters. The number of urea groups is 1. The van der Waals surface area contributed by atoms with Crippen LogP contribution in [0.25, 0.3) is 11.0 Å². The molecule has 3 aliphatic rings. The van der Waals surface area contributed by atoms with E-state index < -0.39 is 25.0 Å². The van der Waals surface area contributed by atoms with Gasteiger partial charge in [-0.15, -0.1) is 0 Å². The molecule has 232 valence electrons. The molecule has 3 saturated heterocycles. The molecule has 3 fully saturated rings. The highest BCUT2D eigenvalue weighted by molar-refractivity contribution is 6.43. The lowest BCUT2D eigenvalue weighted by molar-refractivity contribution is -0.136. The number of hydrogen-bond donors (Lipinski definition) is 4. The second-order valence-electron chi connectivity index (χ2n) is 12.6. The second kappa shape index (κ2) is 13.7. The Kier molecular flexibility index (Phi) is 9.94. The van der Waals surface area contributed by atoms with Crippen molar-refractivity contribution in [3.8, 4) is 6.07 Å². The summed E-state index contributed by atoms with van der Waals surface area (Å²) in [7, 11) is -1.78. The van der Waals surface area contributed by atoms with E-state index in [4.69, 9.17) is 9.15 Å². The third kappa shape index (κ3) is 7.33. The minimum Gasteiger partial charge on any atom is -0.464 e. The molecule has 0 radical (unpaired) electrons. The summed E-state index contributed by atoms with van der Waals surface area (Å²) < 4.78 is 10.9. The maximum Gasteiger partial charge on any atom is 0.475 e. The van der Waals surface area contributed by atoms with Crippen molar-refractivity contribution in [3.05, 3.63) is 36.1 Å². The van der Waals surface area contributed by atoms with E-state index in [2.05, 4.69) is 40.4 Å². The minimum atomic E-state index is -1.78. The van der Waals surface area contributed by atoms with Gasteiger partial charge >= 0.3 is 13.1 Å². The number of rotatable bonds is 11. The van der Waals surface area contributed by atoms with Gasteiger partial charge in [0.15, 0.2) is 0 Å². The zero-order valence-electron chi connectivity index (χ0n) is 25.1. The number of nitrogens with zero attached hydrogens (tertiary/aromatic N) is 4. The third-order valence-electron chi connectivity index (χ3n) is 9.30. The van der Waals surface area contributed by atoms with Crippen LogP contribution >= 0.6 is 0 Å². The first-order valence-corrected chi connectivity index (χ1v) is 15.3. The molecule has 0 aliphatic carbocycles. The van der Waals surface area contributed by atoms with Gasteiger partial charge in [0.2, 0.25) is 5.91 Å². The van der Waals surface area contributed by atoms with Crippen molar-refractivity contribution < 1.29 is 28.8 Å². The highest BCUT2D eigenvalue weighted by atomic mass is 16.5. The van der Waals surface area contributed by atoms with E-state index in [1.54, 1.807) is 11.2 Å². The van der Waals surface area contributed by atoms with Gasteiger partial charge in [-0.25, -0.2) is 4.79 Å². The van der Waals surface area contributed by atoms with Crippen LogP contribution in [0.5, 0.6) is 0 Å². The topological polar surface area (TPSA) is 155 Å². The average Bonchev–Trinajstić information content (AvgIpc) is 3.61. The summed E-state index contributed by atoms with van der Waals surface area (Å²) in [6.07, 6.45) is 3.66. The van der Waals surface area contributed by atoms with E-state index in [-0.39, 0.29) is 30.5 Å². The number of carbonyl (C=O) groups is 2. The Hall–Kier alpha value is -3.15. The summed E-state index contributed by atoms with van der Waals surface area (Å²) in [4.78, 5) is 33.0. The number of carbonyl (C=O) groups excluding carboxylic acids is 2. The number of piperazine rings is 1. The zero-order valence-corrected chi connectivity index (χ0v) is 25.1. The molecule has 1 aromatic carbocycles. The molecular weight excluding hydrogens is 551 g/mol. The van der Waals surface area contributed by atoms with Gasteiger partial charge in [0, 0.05) is 56.2 Å². The van der Waals surface area contributed by atoms with Gasteiger partial charge in [-0.1, -0.05) is 18.2 Å². The van der Waals surface area contributed by atoms with Crippen LogP contribution in [-0.4, -0.2) is 120 Å². The molecule has 5 rings (SSSR count). The summed E-state index contributed by atoms with van der Waals surface area (Å²) in [5, 5.41) is 36.2. The Bertz CT molecular complexity index is 1300. The van der Waals surface area contributed by atoms with Crippen molar-refractivity contribution in [2.45, 2.75) is 63.1 Å². The normalized spacial score (nSPS) is 21.7. The Balaban J connectivity index is 1.12. The molecule has 4 N–H and O–H groups in total. The van der Waals surface area contributed by atoms with E-state index in [9.17, 15) is 24.9 Å². The average molecular weight is 595 g/mol. The number of likely N-dealkylation sites (tertiary alicyclic amines) is 1. The van der Waals surface area contributed by atoms with E-state index in [1.807, 2.05) is 24.3 Å². The number of amides is 3. The lowest BCUT2D eigenvalue weighted by atomic mass is 9.76.